The standard InChI is InChI=1S/C14H12BrClN4/c1-7-6-10(15)4-5-11(7)13-18-19-14-12(16)17-8(2)9(3)20(13)14/h4-6H,1-3H3. The summed E-state index contributed by atoms with van der Waals surface area (Å²) in [5.74, 6) is 0.787. The zero-order valence-electron chi connectivity index (χ0n) is 11.3. The van der Waals surface area contributed by atoms with Crippen LogP contribution in [0.15, 0.2) is 22.7 Å². The lowest BCUT2D eigenvalue weighted by molar-refractivity contribution is 0.998. The summed E-state index contributed by atoms with van der Waals surface area (Å²) in [6, 6.07) is 6.08. The van der Waals surface area contributed by atoms with E-state index in [2.05, 4.69) is 37.2 Å². The lowest BCUT2D eigenvalue weighted by atomic mass is 10.1. The summed E-state index contributed by atoms with van der Waals surface area (Å²) in [7, 11) is 0. The normalized spacial score (nSPS) is 11.2. The van der Waals surface area contributed by atoms with Gasteiger partial charge in [0.2, 0.25) is 0 Å². The smallest absolute Gasteiger partial charge is 0.199 e. The van der Waals surface area contributed by atoms with Crippen molar-refractivity contribution in [1.82, 2.24) is 19.6 Å². The topological polar surface area (TPSA) is 43.1 Å². The van der Waals surface area contributed by atoms with Gasteiger partial charge < -0.3 is 0 Å². The summed E-state index contributed by atoms with van der Waals surface area (Å²) in [6.45, 7) is 5.97. The highest BCUT2D eigenvalue weighted by Crippen LogP contribution is 2.28. The number of aromatic nitrogens is 4. The Morgan fingerprint density at radius 3 is 2.60 bits per heavy atom. The van der Waals surface area contributed by atoms with Gasteiger partial charge in [-0.15, -0.1) is 10.2 Å². The van der Waals surface area contributed by atoms with Gasteiger partial charge in [0, 0.05) is 15.7 Å². The number of halogens is 2. The van der Waals surface area contributed by atoms with E-state index in [0.29, 0.717) is 10.8 Å². The summed E-state index contributed by atoms with van der Waals surface area (Å²) in [6.07, 6.45) is 0. The molecular formula is C14H12BrClN4. The molecule has 102 valence electrons. The Kier molecular flexibility index (Phi) is 3.26. The molecule has 3 aromatic rings. The van der Waals surface area contributed by atoms with Crippen LogP contribution in [-0.2, 0) is 0 Å². The van der Waals surface area contributed by atoms with Crippen molar-refractivity contribution in [1.29, 1.82) is 0 Å². The van der Waals surface area contributed by atoms with Gasteiger partial charge in [-0.05, 0) is 44.5 Å². The molecule has 0 radical (unpaired) electrons. The molecule has 0 aliphatic carbocycles. The van der Waals surface area contributed by atoms with Crippen molar-refractivity contribution in [3.05, 3.63) is 44.8 Å². The number of hydrogen-bond acceptors (Lipinski definition) is 3. The molecule has 0 N–H and O–H groups in total. The molecule has 0 amide bonds. The highest BCUT2D eigenvalue weighted by Gasteiger charge is 2.16. The predicted octanol–water partition coefficient (Wildman–Crippen LogP) is 4.13. The van der Waals surface area contributed by atoms with E-state index in [1.165, 1.54) is 0 Å². The SMILES string of the molecule is Cc1cc(Br)ccc1-c1nnc2c(Cl)nc(C)c(C)n12. The Balaban J connectivity index is 2.38. The fourth-order valence-electron chi connectivity index (χ4n) is 2.23. The highest BCUT2D eigenvalue weighted by molar-refractivity contribution is 9.10. The molecule has 0 bridgehead atoms. The molecule has 1 aromatic carbocycles. The van der Waals surface area contributed by atoms with Crippen LogP contribution in [0.1, 0.15) is 17.0 Å². The first-order valence-electron chi connectivity index (χ1n) is 6.13. The average molecular weight is 352 g/mol. The van der Waals surface area contributed by atoms with Crippen LogP contribution in [0.4, 0.5) is 0 Å². The maximum atomic E-state index is 6.16. The van der Waals surface area contributed by atoms with E-state index in [4.69, 9.17) is 11.6 Å². The van der Waals surface area contributed by atoms with E-state index in [1.54, 1.807) is 0 Å². The molecule has 6 heteroatoms. The van der Waals surface area contributed by atoms with Crippen molar-refractivity contribution in [3.8, 4) is 11.4 Å². The molecule has 2 aromatic heterocycles. The average Bonchev–Trinajstić information content (AvgIpc) is 2.81. The van der Waals surface area contributed by atoms with Crippen LogP contribution in [-0.4, -0.2) is 19.6 Å². The van der Waals surface area contributed by atoms with Crippen molar-refractivity contribution in [2.45, 2.75) is 20.8 Å². The van der Waals surface area contributed by atoms with Gasteiger partial charge in [-0.1, -0.05) is 27.5 Å². The van der Waals surface area contributed by atoms with Crippen molar-refractivity contribution in [2.24, 2.45) is 0 Å². The maximum absolute atomic E-state index is 6.16. The van der Waals surface area contributed by atoms with Crippen LogP contribution in [0.5, 0.6) is 0 Å². The van der Waals surface area contributed by atoms with Gasteiger partial charge in [-0.3, -0.25) is 4.40 Å². The fraction of sp³-hybridized carbons (Fsp3) is 0.214. The first-order chi connectivity index (χ1) is 9.49. The summed E-state index contributed by atoms with van der Waals surface area (Å²) < 4.78 is 3.00. The van der Waals surface area contributed by atoms with Crippen LogP contribution in [0.25, 0.3) is 17.0 Å². The monoisotopic (exact) mass is 350 g/mol. The van der Waals surface area contributed by atoms with Gasteiger partial charge in [-0.25, -0.2) is 4.98 Å². The largest absolute Gasteiger partial charge is 0.275 e. The molecule has 0 atom stereocenters. The molecule has 20 heavy (non-hydrogen) atoms. The third kappa shape index (κ3) is 2.01. The molecule has 3 rings (SSSR count). The summed E-state index contributed by atoms with van der Waals surface area (Å²) in [5.41, 5.74) is 4.61. The van der Waals surface area contributed by atoms with Crippen molar-refractivity contribution in [2.75, 3.05) is 0 Å². The minimum atomic E-state index is 0.376. The number of benzene rings is 1. The summed E-state index contributed by atoms with van der Waals surface area (Å²) in [4.78, 5) is 4.28. The van der Waals surface area contributed by atoms with Gasteiger partial charge >= 0.3 is 0 Å². The Labute approximate surface area is 129 Å². The number of aryl methyl sites for hydroxylation is 3. The first-order valence-corrected chi connectivity index (χ1v) is 7.30. The molecule has 0 saturated heterocycles. The van der Waals surface area contributed by atoms with Gasteiger partial charge in [0.05, 0.1) is 5.69 Å². The Morgan fingerprint density at radius 1 is 1.15 bits per heavy atom. The van der Waals surface area contributed by atoms with Crippen molar-refractivity contribution in [3.63, 3.8) is 0 Å². The van der Waals surface area contributed by atoms with E-state index in [-0.39, 0.29) is 0 Å². The molecule has 0 unspecified atom stereocenters. The molecule has 0 fully saturated rings. The lowest BCUT2D eigenvalue weighted by Crippen LogP contribution is -2.01. The third-order valence-electron chi connectivity index (χ3n) is 3.40. The van der Waals surface area contributed by atoms with Crippen LogP contribution >= 0.6 is 27.5 Å². The minimum Gasteiger partial charge on any atom is -0.275 e. The summed E-state index contributed by atoms with van der Waals surface area (Å²) >= 11 is 9.63. The van der Waals surface area contributed by atoms with Crippen LogP contribution in [0.3, 0.4) is 0 Å². The van der Waals surface area contributed by atoms with E-state index in [9.17, 15) is 0 Å². The second-order valence-electron chi connectivity index (χ2n) is 4.72. The summed E-state index contributed by atoms with van der Waals surface area (Å²) in [5, 5.41) is 8.84. The third-order valence-corrected chi connectivity index (χ3v) is 4.15. The van der Waals surface area contributed by atoms with Gasteiger partial charge in [0.1, 0.15) is 0 Å². The molecule has 2 heterocycles. The number of rotatable bonds is 1. The molecule has 0 aliphatic heterocycles. The molecule has 4 nitrogen and oxygen atoms in total. The van der Waals surface area contributed by atoms with Gasteiger partial charge in [-0.2, -0.15) is 0 Å². The number of hydrogen-bond donors (Lipinski definition) is 0. The fourth-order valence-corrected chi connectivity index (χ4v) is 2.95. The van der Waals surface area contributed by atoms with Gasteiger partial charge in [0.15, 0.2) is 16.6 Å². The molecule has 0 spiro atoms. The second kappa shape index (κ2) is 4.82. The molecule has 0 aliphatic rings. The Bertz CT molecular complexity index is 826. The second-order valence-corrected chi connectivity index (χ2v) is 5.99. The van der Waals surface area contributed by atoms with Crippen LogP contribution in [0.2, 0.25) is 5.15 Å². The zero-order chi connectivity index (χ0) is 14.4. The molecular weight excluding hydrogens is 340 g/mol. The highest BCUT2D eigenvalue weighted by atomic mass is 79.9. The van der Waals surface area contributed by atoms with Crippen LogP contribution in [0, 0.1) is 20.8 Å². The predicted molar refractivity (Wildman–Crippen MR) is 83.1 cm³/mol. The quantitative estimate of drug-likeness (QED) is 0.662. The van der Waals surface area contributed by atoms with E-state index in [1.807, 2.05) is 37.3 Å². The lowest BCUT2D eigenvalue weighted by Gasteiger charge is -2.09. The van der Waals surface area contributed by atoms with Crippen molar-refractivity contribution < 1.29 is 0 Å². The van der Waals surface area contributed by atoms with Gasteiger partial charge in [0.25, 0.3) is 0 Å². The Hall–Kier alpha value is -1.46. The minimum absolute atomic E-state index is 0.376. The number of fused-ring (bicyclic) bond motifs is 1. The van der Waals surface area contributed by atoms with Crippen LogP contribution < -0.4 is 0 Å². The van der Waals surface area contributed by atoms with E-state index >= 15 is 0 Å². The maximum Gasteiger partial charge on any atom is 0.199 e. The van der Waals surface area contributed by atoms with E-state index in [0.717, 1.165) is 32.8 Å². The Morgan fingerprint density at radius 2 is 1.90 bits per heavy atom. The zero-order valence-corrected chi connectivity index (χ0v) is 13.6. The molecule has 0 saturated carbocycles. The first kappa shape index (κ1) is 13.5. The van der Waals surface area contributed by atoms with E-state index < -0.39 is 0 Å². The number of nitrogens with zero attached hydrogens (tertiary/aromatic N) is 4. The van der Waals surface area contributed by atoms with Crippen molar-refractivity contribution >= 4 is 33.2 Å².